The lowest BCUT2D eigenvalue weighted by molar-refractivity contribution is -0.00228. The molecule has 2 bridgehead atoms. The van der Waals surface area contributed by atoms with Crippen molar-refractivity contribution >= 4 is 15.9 Å². The van der Waals surface area contributed by atoms with E-state index >= 15 is 0 Å². The van der Waals surface area contributed by atoms with E-state index in [-0.39, 0.29) is 53.7 Å². The number of rotatable bonds is 8. The summed E-state index contributed by atoms with van der Waals surface area (Å²) in [5, 5.41) is 6.94. The van der Waals surface area contributed by atoms with E-state index in [9.17, 15) is 22.0 Å². The van der Waals surface area contributed by atoms with Crippen molar-refractivity contribution in [3.63, 3.8) is 0 Å². The van der Waals surface area contributed by atoms with Gasteiger partial charge in [-0.2, -0.15) is 4.31 Å². The highest BCUT2D eigenvalue weighted by Crippen LogP contribution is 2.49. The predicted octanol–water partition coefficient (Wildman–Crippen LogP) is 2.21. The second kappa shape index (κ2) is 9.28. The molecule has 1 amide bonds. The Labute approximate surface area is 209 Å². The summed E-state index contributed by atoms with van der Waals surface area (Å²) in [5.41, 5.74) is 0.246. The maximum atomic E-state index is 13.4. The molecule has 12 heteroatoms. The number of likely N-dealkylation sites (tertiary alicyclic amines) is 1. The summed E-state index contributed by atoms with van der Waals surface area (Å²) >= 11 is 0. The Morgan fingerprint density at radius 3 is 2.39 bits per heavy atom. The molecule has 5 heterocycles. The quantitative estimate of drug-likeness (QED) is 0.552. The Morgan fingerprint density at radius 1 is 1.14 bits per heavy atom. The number of nitrogens with zero attached hydrogens (tertiary/aromatic N) is 3. The van der Waals surface area contributed by atoms with Crippen molar-refractivity contribution in [3.05, 3.63) is 17.5 Å². The fraction of sp³-hybridized carbons (Fsp3) is 0.833. The third-order valence-corrected chi connectivity index (χ3v) is 10.8. The van der Waals surface area contributed by atoms with Gasteiger partial charge in [-0.25, -0.2) is 17.2 Å². The predicted molar refractivity (Wildman–Crippen MR) is 125 cm³/mol. The van der Waals surface area contributed by atoms with Crippen molar-refractivity contribution in [2.45, 2.75) is 74.9 Å². The van der Waals surface area contributed by atoms with Gasteiger partial charge >= 0.3 is 0 Å². The number of aromatic nitrogens is 1. The zero-order valence-corrected chi connectivity index (χ0v) is 21.1. The number of ether oxygens (including phenoxy) is 1. The smallest absolute Gasteiger partial charge is 0.273 e. The number of nitrogens with one attached hydrogen (secondary N) is 1. The molecule has 9 nitrogen and oxygen atoms in total. The summed E-state index contributed by atoms with van der Waals surface area (Å²) < 4.78 is 65.4. The summed E-state index contributed by atoms with van der Waals surface area (Å²) in [6.07, 6.45) is 4.24. The lowest BCUT2D eigenvalue weighted by Gasteiger charge is -2.39. The van der Waals surface area contributed by atoms with E-state index in [0.717, 1.165) is 25.7 Å². The van der Waals surface area contributed by atoms with Gasteiger partial charge in [-0.15, -0.1) is 0 Å². The third-order valence-electron chi connectivity index (χ3n) is 8.71. The first-order valence-electron chi connectivity index (χ1n) is 13.1. The van der Waals surface area contributed by atoms with E-state index in [4.69, 9.17) is 9.26 Å². The molecule has 36 heavy (non-hydrogen) atoms. The molecule has 1 aromatic heterocycles. The summed E-state index contributed by atoms with van der Waals surface area (Å²) in [5.74, 6) is -2.33. The first-order valence-corrected chi connectivity index (χ1v) is 14.8. The van der Waals surface area contributed by atoms with Gasteiger partial charge in [-0.1, -0.05) is 5.16 Å². The molecule has 4 aliphatic heterocycles. The lowest BCUT2D eigenvalue weighted by Crippen LogP contribution is -2.53. The first kappa shape index (κ1) is 24.7. The number of hydrogen-bond donors (Lipinski definition) is 1. The van der Waals surface area contributed by atoms with Gasteiger partial charge in [0.25, 0.3) is 11.8 Å². The largest absolute Gasteiger partial charge is 0.380 e. The van der Waals surface area contributed by atoms with Gasteiger partial charge in [0.15, 0.2) is 5.69 Å². The number of amides is 1. The van der Waals surface area contributed by atoms with Gasteiger partial charge in [0.2, 0.25) is 10.0 Å². The van der Waals surface area contributed by atoms with E-state index in [2.05, 4.69) is 15.4 Å². The second-order valence-electron chi connectivity index (χ2n) is 11.4. The highest BCUT2D eigenvalue weighted by atomic mass is 32.2. The molecule has 0 radical (unpaired) electrons. The SMILES string of the molecule is O=C(NC1C[C@H]2CC[C@@H](C1)N2S(=O)(=O)CC1CCN(CC2CC2(F)F)CC1)c1cc(C2COC2)on1. The Morgan fingerprint density at radius 2 is 1.81 bits per heavy atom. The number of carbonyl (C=O) groups is 1. The highest BCUT2D eigenvalue weighted by Gasteiger charge is 2.57. The van der Waals surface area contributed by atoms with Gasteiger partial charge in [-0.3, -0.25) is 4.79 Å². The molecular weight excluding hydrogens is 494 g/mol. The number of hydrogen-bond acceptors (Lipinski definition) is 7. The fourth-order valence-corrected chi connectivity index (χ4v) is 8.85. The van der Waals surface area contributed by atoms with Gasteiger partial charge in [0, 0.05) is 43.1 Å². The van der Waals surface area contributed by atoms with E-state index in [1.54, 1.807) is 10.4 Å². The number of piperidine rings is 2. The van der Waals surface area contributed by atoms with Crippen LogP contribution in [0.3, 0.4) is 0 Å². The Balaban J connectivity index is 1.00. The van der Waals surface area contributed by atoms with Crippen LogP contribution in [0.5, 0.6) is 0 Å². The molecule has 1 N–H and O–H groups in total. The molecule has 0 spiro atoms. The van der Waals surface area contributed by atoms with Crippen LogP contribution in [0.1, 0.15) is 67.1 Å². The summed E-state index contributed by atoms with van der Waals surface area (Å²) in [6.45, 7) is 2.94. The minimum Gasteiger partial charge on any atom is -0.380 e. The standard InChI is InChI=1S/C24H34F2N4O5S/c25-24(26)10-17(24)11-29-5-3-15(4-6-29)14-36(32,33)30-19-1-2-20(30)8-18(7-19)27-23(31)21-9-22(35-28-21)16-12-34-13-16/h9,15-20H,1-8,10-14H2,(H,27,31)/t17?,18?,19-,20+. The van der Waals surface area contributed by atoms with Crippen LogP contribution >= 0.6 is 0 Å². The van der Waals surface area contributed by atoms with Crippen LogP contribution in [-0.4, -0.2) is 91.3 Å². The van der Waals surface area contributed by atoms with Crippen molar-refractivity contribution in [2.75, 3.05) is 38.6 Å². The van der Waals surface area contributed by atoms with Crippen molar-refractivity contribution < 1.29 is 31.3 Å². The van der Waals surface area contributed by atoms with Crippen LogP contribution in [0.4, 0.5) is 8.78 Å². The molecule has 1 aromatic rings. The molecule has 5 aliphatic rings. The van der Waals surface area contributed by atoms with Crippen LogP contribution in [0, 0.1) is 11.8 Å². The van der Waals surface area contributed by atoms with Crippen LogP contribution in [0.2, 0.25) is 0 Å². The lowest BCUT2D eigenvalue weighted by atomic mass is 9.99. The van der Waals surface area contributed by atoms with Crippen LogP contribution in [0.25, 0.3) is 0 Å². The van der Waals surface area contributed by atoms with Gasteiger partial charge in [0.05, 0.1) is 24.9 Å². The van der Waals surface area contributed by atoms with Crippen molar-refractivity contribution in [2.24, 2.45) is 11.8 Å². The number of sulfonamides is 1. The summed E-state index contributed by atoms with van der Waals surface area (Å²) in [4.78, 5) is 14.8. The van der Waals surface area contributed by atoms with E-state index in [0.29, 0.717) is 51.4 Å². The normalized spacial score (nSPS) is 33.4. The molecule has 1 aliphatic carbocycles. The minimum atomic E-state index is -3.43. The van der Waals surface area contributed by atoms with Crippen molar-refractivity contribution in [3.8, 4) is 0 Å². The highest BCUT2D eigenvalue weighted by molar-refractivity contribution is 7.89. The Hall–Kier alpha value is -1.63. The number of alkyl halides is 2. The maximum absolute atomic E-state index is 13.4. The van der Waals surface area contributed by atoms with Gasteiger partial charge < -0.3 is 19.5 Å². The van der Waals surface area contributed by atoms with Crippen LogP contribution < -0.4 is 5.32 Å². The van der Waals surface area contributed by atoms with Crippen LogP contribution in [0.15, 0.2) is 10.6 Å². The minimum absolute atomic E-state index is 0.0178. The number of halogens is 2. The molecule has 1 saturated carbocycles. The van der Waals surface area contributed by atoms with Crippen molar-refractivity contribution in [1.29, 1.82) is 0 Å². The molecule has 4 atom stereocenters. The average molecular weight is 529 g/mol. The van der Waals surface area contributed by atoms with Crippen molar-refractivity contribution in [1.82, 2.24) is 19.7 Å². The molecule has 2 unspecified atom stereocenters. The monoisotopic (exact) mass is 528 g/mol. The van der Waals surface area contributed by atoms with Crippen LogP contribution in [-0.2, 0) is 14.8 Å². The molecule has 0 aromatic carbocycles. The van der Waals surface area contributed by atoms with E-state index < -0.39 is 21.9 Å². The Bertz CT molecular complexity index is 1070. The third kappa shape index (κ3) is 4.93. The average Bonchev–Trinajstić information content (AvgIpc) is 3.10. The topological polar surface area (TPSA) is 105 Å². The molecule has 4 saturated heterocycles. The first-order chi connectivity index (χ1) is 17.2. The van der Waals surface area contributed by atoms with Gasteiger partial charge in [-0.05, 0) is 57.5 Å². The summed E-state index contributed by atoms with van der Waals surface area (Å²) in [6, 6.07) is 1.36. The molecular formula is C24H34F2N4O5S. The zero-order chi connectivity index (χ0) is 25.1. The Kier molecular flexibility index (Phi) is 6.37. The maximum Gasteiger partial charge on any atom is 0.273 e. The molecule has 6 rings (SSSR count). The number of fused-ring (bicyclic) bond motifs is 2. The summed E-state index contributed by atoms with van der Waals surface area (Å²) in [7, 11) is -3.43. The second-order valence-corrected chi connectivity index (χ2v) is 13.3. The zero-order valence-electron chi connectivity index (χ0n) is 20.3. The van der Waals surface area contributed by atoms with E-state index in [1.807, 2.05) is 0 Å². The van der Waals surface area contributed by atoms with Gasteiger partial charge in [0.1, 0.15) is 5.76 Å². The fourth-order valence-electron chi connectivity index (χ4n) is 6.45. The van der Waals surface area contributed by atoms with E-state index in [1.165, 1.54) is 0 Å². The molecule has 5 fully saturated rings. The number of carbonyl (C=O) groups excluding carboxylic acids is 1. The molecule has 200 valence electrons.